The molecule has 3 nitrogen and oxygen atoms in total. The lowest BCUT2D eigenvalue weighted by molar-refractivity contribution is -0.0386. The van der Waals surface area contributed by atoms with Crippen molar-refractivity contribution in [2.45, 2.75) is 69.6 Å². The van der Waals surface area contributed by atoms with Crippen molar-refractivity contribution in [2.75, 3.05) is 6.54 Å². The molecule has 3 atom stereocenters. The van der Waals surface area contributed by atoms with Gasteiger partial charge in [-0.1, -0.05) is 56.0 Å². The van der Waals surface area contributed by atoms with Crippen LogP contribution in [0.1, 0.15) is 69.1 Å². The molecule has 0 amide bonds. The summed E-state index contributed by atoms with van der Waals surface area (Å²) < 4.78 is 0. The van der Waals surface area contributed by atoms with Crippen molar-refractivity contribution in [2.24, 2.45) is 5.92 Å². The van der Waals surface area contributed by atoms with Gasteiger partial charge in [0.05, 0.1) is 11.7 Å². The first-order chi connectivity index (χ1) is 13.1. The standard InChI is InChI=1S/C23H33NO2S/c1-18(22(25)19-9-5-4-6-10-19)24-15-14-23(26,21-13-16-27-17-21)20-11-7-2-3-8-12-20/h4-6,9-10,13,16-18,20,22,24-26H,2-3,7-8,11-12,14-15H2,1H3. The predicted molar refractivity (Wildman–Crippen MR) is 113 cm³/mol. The summed E-state index contributed by atoms with van der Waals surface area (Å²) in [5.41, 5.74) is 1.22. The normalized spacial score (nSPS) is 20.6. The number of hydrogen-bond donors (Lipinski definition) is 3. The van der Waals surface area contributed by atoms with E-state index < -0.39 is 11.7 Å². The summed E-state index contributed by atoms with van der Waals surface area (Å²) in [6.07, 6.45) is 7.35. The predicted octanol–water partition coefficient (Wildman–Crippen LogP) is 5.01. The van der Waals surface area contributed by atoms with Crippen molar-refractivity contribution in [3.05, 3.63) is 58.3 Å². The van der Waals surface area contributed by atoms with Gasteiger partial charge >= 0.3 is 0 Å². The van der Waals surface area contributed by atoms with Crippen LogP contribution < -0.4 is 5.32 Å². The van der Waals surface area contributed by atoms with Gasteiger partial charge in [0.2, 0.25) is 0 Å². The number of aliphatic hydroxyl groups excluding tert-OH is 1. The molecule has 1 aliphatic carbocycles. The Labute approximate surface area is 167 Å². The topological polar surface area (TPSA) is 52.5 Å². The van der Waals surface area contributed by atoms with Gasteiger partial charge in [-0.2, -0.15) is 11.3 Å². The van der Waals surface area contributed by atoms with E-state index in [-0.39, 0.29) is 6.04 Å². The smallest absolute Gasteiger partial charge is 0.0944 e. The van der Waals surface area contributed by atoms with E-state index in [1.54, 1.807) is 11.3 Å². The number of thiophene rings is 1. The third kappa shape index (κ3) is 5.20. The molecular weight excluding hydrogens is 354 g/mol. The number of aliphatic hydroxyl groups is 2. The highest BCUT2D eigenvalue weighted by atomic mass is 32.1. The molecule has 1 saturated carbocycles. The fourth-order valence-electron chi connectivity index (χ4n) is 4.39. The maximum atomic E-state index is 11.7. The molecule has 1 fully saturated rings. The Balaban J connectivity index is 1.63. The monoisotopic (exact) mass is 387 g/mol. The molecule has 0 bridgehead atoms. The molecule has 3 rings (SSSR count). The van der Waals surface area contributed by atoms with Crippen molar-refractivity contribution in [1.82, 2.24) is 5.32 Å². The summed E-state index contributed by atoms with van der Waals surface area (Å²) in [6, 6.07) is 11.8. The molecule has 4 heteroatoms. The van der Waals surface area contributed by atoms with Gasteiger partial charge in [0, 0.05) is 6.04 Å². The molecule has 27 heavy (non-hydrogen) atoms. The van der Waals surface area contributed by atoms with Crippen molar-refractivity contribution in [1.29, 1.82) is 0 Å². The van der Waals surface area contributed by atoms with Crippen LogP contribution in [-0.4, -0.2) is 22.8 Å². The zero-order valence-electron chi connectivity index (χ0n) is 16.3. The third-order valence-corrected chi connectivity index (χ3v) is 6.82. The van der Waals surface area contributed by atoms with Gasteiger partial charge < -0.3 is 15.5 Å². The van der Waals surface area contributed by atoms with Gasteiger partial charge in [-0.3, -0.25) is 0 Å². The Morgan fingerprint density at radius 2 is 1.81 bits per heavy atom. The van der Waals surface area contributed by atoms with Crippen LogP contribution in [0.2, 0.25) is 0 Å². The molecule has 3 N–H and O–H groups in total. The largest absolute Gasteiger partial charge is 0.387 e. The zero-order valence-corrected chi connectivity index (χ0v) is 17.1. The first-order valence-corrected chi connectivity index (χ1v) is 11.3. The summed E-state index contributed by atoms with van der Waals surface area (Å²) in [6.45, 7) is 2.70. The zero-order chi connectivity index (χ0) is 19.1. The first-order valence-electron chi connectivity index (χ1n) is 10.3. The van der Waals surface area contributed by atoms with Gasteiger partial charge in [-0.25, -0.2) is 0 Å². The van der Waals surface area contributed by atoms with E-state index in [4.69, 9.17) is 0 Å². The Hall–Kier alpha value is -1.20. The molecule has 1 heterocycles. The van der Waals surface area contributed by atoms with Crippen LogP contribution in [0, 0.1) is 5.92 Å². The highest BCUT2D eigenvalue weighted by Gasteiger charge is 2.38. The molecule has 148 valence electrons. The summed E-state index contributed by atoms with van der Waals surface area (Å²) in [5, 5.41) is 29.9. The van der Waals surface area contributed by atoms with Gasteiger partial charge in [0.1, 0.15) is 0 Å². The quantitative estimate of drug-likeness (QED) is 0.558. The van der Waals surface area contributed by atoms with Gasteiger partial charge in [-0.15, -0.1) is 0 Å². The van der Waals surface area contributed by atoms with E-state index in [0.29, 0.717) is 18.9 Å². The molecule has 3 unspecified atom stereocenters. The van der Waals surface area contributed by atoms with E-state index >= 15 is 0 Å². The molecule has 1 aromatic heterocycles. The van der Waals surface area contributed by atoms with E-state index in [2.05, 4.69) is 22.1 Å². The first kappa shape index (κ1) is 20.5. The second kappa shape index (κ2) is 9.83. The highest BCUT2D eigenvalue weighted by molar-refractivity contribution is 7.08. The Kier molecular flexibility index (Phi) is 7.48. The van der Waals surface area contributed by atoms with Gasteiger partial charge in [0.25, 0.3) is 0 Å². The molecule has 1 aromatic carbocycles. The lowest BCUT2D eigenvalue weighted by atomic mass is 9.76. The van der Waals surface area contributed by atoms with Gasteiger partial charge in [0.15, 0.2) is 0 Å². The molecule has 1 aliphatic rings. The molecule has 0 radical (unpaired) electrons. The van der Waals surface area contributed by atoms with E-state index in [9.17, 15) is 10.2 Å². The van der Waals surface area contributed by atoms with Crippen LogP contribution >= 0.6 is 11.3 Å². The average molecular weight is 388 g/mol. The Morgan fingerprint density at radius 1 is 1.11 bits per heavy atom. The van der Waals surface area contributed by atoms with Crippen LogP contribution in [0.4, 0.5) is 0 Å². The minimum Gasteiger partial charge on any atom is -0.387 e. The number of rotatable bonds is 8. The van der Waals surface area contributed by atoms with E-state index in [0.717, 1.165) is 24.0 Å². The highest BCUT2D eigenvalue weighted by Crippen LogP contribution is 2.41. The molecule has 0 saturated heterocycles. The van der Waals surface area contributed by atoms with Crippen LogP contribution in [0.3, 0.4) is 0 Å². The number of benzene rings is 1. The second-order valence-electron chi connectivity index (χ2n) is 7.97. The van der Waals surface area contributed by atoms with Crippen molar-refractivity contribution in [3.8, 4) is 0 Å². The van der Waals surface area contributed by atoms with Gasteiger partial charge in [-0.05, 0) is 66.6 Å². The summed E-state index contributed by atoms with van der Waals surface area (Å²) in [4.78, 5) is 0. The van der Waals surface area contributed by atoms with Crippen LogP contribution in [-0.2, 0) is 5.60 Å². The lowest BCUT2D eigenvalue weighted by Crippen LogP contribution is -2.40. The van der Waals surface area contributed by atoms with Crippen molar-refractivity contribution < 1.29 is 10.2 Å². The maximum absolute atomic E-state index is 11.7. The van der Waals surface area contributed by atoms with Crippen molar-refractivity contribution >= 4 is 11.3 Å². The maximum Gasteiger partial charge on any atom is 0.0944 e. The SMILES string of the molecule is CC(NCCC(O)(c1ccsc1)C1CCCCCC1)C(O)c1ccccc1. The molecule has 0 aliphatic heterocycles. The molecule has 2 aromatic rings. The molecular formula is C23H33NO2S. The van der Waals surface area contributed by atoms with Crippen LogP contribution in [0.25, 0.3) is 0 Å². The summed E-state index contributed by atoms with van der Waals surface area (Å²) in [5.74, 6) is 0.325. The fraction of sp³-hybridized carbons (Fsp3) is 0.565. The lowest BCUT2D eigenvalue weighted by Gasteiger charge is -2.36. The second-order valence-corrected chi connectivity index (χ2v) is 8.75. The van der Waals surface area contributed by atoms with E-state index in [1.165, 1.54) is 25.7 Å². The average Bonchev–Trinajstić information content (AvgIpc) is 3.11. The van der Waals surface area contributed by atoms with Crippen molar-refractivity contribution in [3.63, 3.8) is 0 Å². The van der Waals surface area contributed by atoms with E-state index in [1.807, 2.05) is 37.3 Å². The minimum absolute atomic E-state index is 0.0618. The fourth-order valence-corrected chi connectivity index (χ4v) is 5.13. The third-order valence-electron chi connectivity index (χ3n) is 6.14. The number of hydrogen-bond acceptors (Lipinski definition) is 4. The Morgan fingerprint density at radius 3 is 2.44 bits per heavy atom. The minimum atomic E-state index is -0.769. The summed E-state index contributed by atoms with van der Waals surface area (Å²) >= 11 is 1.66. The summed E-state index contributed by atoms with van der Waals surface area (Å²) in [7, 11) is 0. The van der Waals surface area contributed by atoms with Crippen LogP contribution in [0.5, 0.6) is 0 Å². The van der Waals surface area contributed by atoms with Crippen LogP contribution in [0.15, 0.2) is 47.2 Å². The molecule has 0 spiro atoms. The number of nitrogens with one attached hydrogen (secondary N) is 1. The Bertz CT molecular complexity index is 652.